The number of fused-ring (bicyclic) bond motifs is 5. The number of nitrogens with zero attached hydrogens (tertiary/aromatic N) is 1. The summed E-state index contributed by atoms with van der Waals surface area (Å²) in [5.41, 5.74) is 1.97. The number of aryl methyl sites for hydroxylation is 1. The number of aliphatic imine (C=N–C) groups is 1. The topological polar surface area (TPSA) is 72.5 Å². The second-order valence-electron chi connectivity index (χ2n) is 14.0. The number of primary sulfonamides is 1. The van der Waals surface area contributed by atoms with Gasteiger partial charge in [0, 0.05) is 11.6 Å². The van der Waals surface area contributed by atoms with Crippen molar-refractivity contribution in [2.45, 2.75) is 108 Å². The van der Waals surface area contributed by atoms with Gasteiger partial charge in [0.1, 0.15) is 0 Å². The lowest BCUT2D eigenvalue weighted by Gasteiger charge is -2.63. The highest BCUT2D eigenvalue weighted by atomic mass is 32.2. The maximum Gasteiger partial charge on any atom is 0.238 e. The van der Waals surface area contributed by atoms with Gasteiger partial charge >= 0.3 is 0 Å². The Balaban J connectivity index is 1.26. The predicted molar refractivity (Wildman–Crippen MR) is 151 cm³/mol. The van der Waals surface area contributed by atoms with Crippen molar-refractivity contribution in [1.29, 1.82) is 0 Å². The van der Waals surface area contributed by atoms with Gasteiger partial charge in [-0.25, -0.2) is 13.6 Å². The minimum Gasteiger partial charge on any atom is -0.282 e. The molecule has 3 unspecified atom stereocenters. The summed E-state index contributed by atoms with van der Waals surface area (Å²) >= 11 is 0. The molecule has 202 valence electrons. The Morgan fingerprint density at radius 3 is 2.38 bits per heavy atom. The van der Waals surface area contributed by atoms with Crippen molar-refractivity contribution in [2.24, 2.45) is 50.0 Å². The molecule has 2 N–H and O–H groups in total. The molecule has 1 aromatic rings. The van der Waals surface area contributed by atoms with Gasteiger partial charge in [0.2, 0.25) is 10.0 Å². The molecule has 5 aliphatic rings. The molecule has 4 aliphatic carbocycles. The maximum atomic E-state index is 11.7. The summed E-state index contributed by atoms with van der Waals surface area (Å²) in [7, 11) is -3.66. The maximum absolute atomic E-state index is 11.7. The Morgan fingerprint density at radius 2 is 1.68 bits per heavy atom. The molecule has 6 rings (SSSR count). The van der Waals surface area contributed by atoms with Crippen LogP contribution < -0.4 is 5.14 Å². The molecule has 37 heavy (non-hydrogen) atoms. The minimum atomic E-state index is -3.66. The molecular formula is C32H46N2O2S. The first-order valence-electron chi connectivity index (χ1n) is 14.9. The van der Waals surface area contributed by atoms with Gasteiger partial charge in [-0.15, -0.1) is 0 Å². The number of sulfonamides is 1. The van der Waals surface area contributed by atoms with Crippen LogP contribution in [-0.4, -0.2) is 20.2 Å². The van der Waals surface area contributed by atoms with Crippen molar-refractivity contribution in [3.05, 3.63) is 42.0 Å². The number of allylic oxidation sites excluding steroid dienone is 1. The van der Waals surface area contributed by atoms with Crippen LogP contribution >= 0.6 is 0 Å². The highest BCUT2D eigenvalue weighted by Crippen LogP contribution is 2.73. The third-order valence-corrected chi connectivity index (χ3v) is 13.9. The third kappa shape index (κ3) is 3.77. The van der Waals surface area contributed by atoms with Crippen molar-refractivity contribution in [3.8, 4) is 0 Å². The third-order valence-electron chi connectivity index (χ3n) is 13.0. The fourth-order valence-corrected chi connectivity index (χ4v) is 11.1. The highest BCUT2D eigenvalue weighted by molar-refractivity contribution is 7.89. The van der Waals surface area contributed by atoms with Crippen molar-refractivity contribution < 1.29 is 8.42 Å². The summed E-state index contributed by atoms with van der Waals surface area (Å²) in [6, 6.07) is 7.13. The second kappa shape index (κ2) is 8.78. The quantitative estimate of drug-likeness (QED) is 0.448. The molecule has 5 heteroatoms. The largest absolute Gasteiger partial charge is 0.282 e. The molecule has 0 radical (unpaired) electrons. The van der Waals surface area contributed by atoms with E-state index in [1.807, 2.05) is 18.3 Å². The smallest absolute Gasteiger partial charge is 0.238 e. The Morgan fingerprint density at radius 1 is 0.919 bits per heavy atom. The van der Waals surface area contributed by atoms with E-state index in [4.69, 9.17) is 10.1 Å². The SMILES string of the molecule is CC1(C2(CCc3ccc(S(N)(=O)=O)cc3)C=CC=N2)CC[C@H]2[C@@H]3CCC4CCCC[C@]4(C)[C@@H]3CC[C@@]21C. The molecule has 1 aliphatic heterocycles. The molecule has 0 bridgehead atoms. The monoisotopic (exact) mass is 522 g/mol. The van der Waals surface area contributed by atoms with E-state index in [1.54, 1.807) is 12.1 Å². The normalized spacial score (nSPS) is 44.9. The second-order valence-corrected chi connectivity index (χ2v) is 15.5. The molecule has 0 saturated heterocycles. The molecule has 1 aromatic carbocycles. The van der Waals surface area contributed by atoms with E-state index < -0.39 is 10.0 Å². The lowest BCUT2D eigenvalue weighted by atomic mass is 9.42. The summed E-state index contributed by atoms with van der Waals surface area (Å²) in [6.45, 7) is 7.88. The van der Waals surface area contributed by atoms with Crippen molar-refractivity contribution in [1.82, 2.24) is 0 Å². The Labute approximate surface area is 224 Å². The van der Waals surface area contributed by atoms with E-state index in [9.17, 15) is 8.42 Å². The van der Waals surface area contributed by atoms with E-state index >= 15 is 0 Å². The van der Waals surface area contributed by atoms with Gasteiger partial charge in [0.25, 0.3) is 0 Å². The molecule has 1 heterocycles. The zero-order valence-corrected chi connectivity index (χ0v) is 23.9. The number of nitrogens with two attached hydrogens (primary N) is 1. The van der Waals surface area contributed by atoms with Crippen molar-refractivity contribution in [3.63, 3.8) is 0 Å². The van der Waals surface area contributed by atoms with Crippen LogP contribution in [0.4, 0.5) is 0 Å². The fourth-order valence-electron chi connectivity index (χ4n) is 10.6. The number of hydrogen-bond acceptors (Lipinski definition) is 3. The zero-order valence-electron chi connectivity index (χ0n) is 23.1. The standard InChI is InChI=1S/C32H46N2O2S/c1-29-17-5-4-7-24(29)10-13-26-27(29)15-19-30(2)28(26)16-20-31(30,3)32(18-6-22-34-32)21-14-23-8-11-25(12-9-23)37(33,35)36/h6,8-9,11-12,18,22,24,26-28H,4-5,7,10,13-17,19-21H2,1-3H3,(H2,33,35,36)/t24?,26-,27-,28+,29+,30+,31?,32?/m1/s1. The van der Waals surface area contributed by atoms with E-state index in [2.05, 4.69) is 32.9 Å². The van der Waals surface area contributed by atoms with Crippen molar-refractivity contribution >= 4 is 16.2 Å². The first-order chi connectivity index (χ1) is 17.5. The summed E-state index contributed by atoms with van der Waals surface area (Å²) < 4.78 is 23.4. The summed E-state index contributed by atoms with van der Waals surface area (Å²) in [6.07, 6.45) is 22.5. The lowest BCUT2D eigenvalue weighted by molar-refractivity contribution is -0.131. The molecule has 0 spiro atoms. The van der Waals surface area contributed by atoms with Crippen molar-refractivity contribution in [2.75, 3.05) is 0 Å². The first kappa shape index (κ1) is 25.8. The van der Waals surface area contributed by atoms with Gasteiger partial charge in [-0.1, -0.05) is 51.8 Å². The summed E-state index contributed by atoms with van der Waals surface area (Å²) in [5, 5.41) is 5.31. The van der Waals surface area contributed by atoms with Crippen LogP contribution in [0, 0.1) is 39.9 Å². The predicted octanol–water partition coefficient (Wildman–Crippen LogP) is 7.09. The molecule has 0 aromatic heterocycles. The van der Waals surface area contributed by atoms with E-state index in [0.717, 1.165) is 42.1 Å². The number of rotatable bonds is 5. The lowest BCUT2D eigenvalue weighted by Crippen LogP contribution is -2.58. The Bertz CT molecular complexity index is 1190. The minimum absolute atomic E-state index is 0.129. The van der Waals surface area contributed by atoms with Crippen LogP contribution in [-0.2, 0) is 16.4 Å². The Hall–Kier alpha value is -1.46. The van der Waals surface area contributed by atoms with Crippen LogP contribution in [0.5, 0.6) is 0 Å². The molecule has 0 amide bonds. The van der Waals surface area contributed by atoms with Gasteiger partial charge in [0.05, 0.1) is 10.4 Å². The molecular weight excluding hydrogens is 476 g/mol. The van der Waals surface area contributed by atoms with Gasteiger partial charge in [-0.3, -0.25) is 4.99 Å². The number of hydrogen-bond donors (Lipinski definition) is 1. The van der Waals surface area contributed by atoms with E-state index in [0.29, 0.717) is 10.8 Å². The van der Waals surface area contributed by atoms with Crippen LogP contribution in [0.25, 0.3) is 0 Å². The van der Waals surface area contributed by atoms with E-state index in [1.165, 1.54) is 64.2 Å². The molecule has 4 fully saturated rings. The van der Waals surface area contributed by atoms with Gasteiger partial charge in [0.15, 0.2) is 0 Å². The van der Waals surface area contributed by atoms with E-state index in [-0.39, 0.29) is 15.8 Å². The molecule has 4 nitrogen and oxygen atoms in total. The first-order valence-corrected chi connectivity index (χ1v) is 16.4. The van der Waals surface area contributed by atoms with Gasteiger partial charge < -0.3 is 0 Å². The van der Waals surface area contributed by atoms with Gasteiger partial charge in [-0.05, 0) is 122 Å². The van der Waals surface area contributed by atoms with Crippen LogP contribution in [0.2, 0.25) is 0 Å². The van der Waals surface area contributed by atoms with Crippen LogP contribution in [0.3, 0.4) is 0 Å². The zero-order chi connectivity index (χ0) is 26.1. The number of benzene rings is 1. The van der Waals surface area contributed by atoms with Gasteiger partial charge in [-0.2, -0.15) is 0 Å². The average Bonchev–Trinajstić information content (AvgIpc) is 3.46. The molecule has 4 saturated carbocycles. The highest BCUT2D eigenvalue weighted by Gasteiger charge is 2.67. The molecule has 8 atom stereocenters. The van der Waals surface area contributed by atoms with Crippen LogP contribution in [0.1, 0.15) is 97.0 Å². The summed E-state index contributed by atoms with van der Waals surface area (Å²) in [5.74, 6) is 3.58. The van der Waals surface area contributed by atoms with Crippen LogP contribution in [0.15, 0.2) is 46.3 Å². The Kier molecular flexibility index (Phi) is 6.12. The fraction of sp³-hybridized carbons (Fsp3) is 0.719. The average molecular weight is 523 g/mol. The summed E-state index contributed by atoms with van der Waals surface area (Å²) in [4.78, 5) is 5.44.